The van der Waals surface area contributed by atoms with Crippen molar-refractivity contribution in [1.29, 1.82) is 0 Å². The van der Waals surface area contributed by atoms with Gasteiger partial charge in [-0.15, -0.1) is 11.3 Å². The van der Waals surface area contributed by atoms with E-state index in [0.717, 1.165) is 18.0 Å². The Morgan fingerprint density at radius 3 is 2.75 bits per heavy atom. The Labute approximate surface area is 147 Å². The minimum absolute atomic E-state index is 0.0399. The standard InChI is InChI=1S/C19H25N3OS/c1-13(2)8-18-21-17(12-24-18)19(23)22-10-15(9-20)16(11-22)14-6-4-3-5-7-14/h3-7,12-13,15-16H,8-11,20H2,1-2H3/t15-,16+/m1/s1. The quantitative estimate of drug-likeness (QED) is 0.907. The lowest BCUT2D eigenvalue weighted by atomic mass is 9.89. The molecule has 0 bridgehead atoms. The molecule has 1 amide bonds. The lowest BCUT2D eigenvalue weighted by molar-refractivity contribution is 0.0781. The largest absolute Gasteiger partial charge is 0.336 e. The van der Waals surface area contributed by atoms with Gasteiger partial charge in [-0.3, -0.25) is 4.79 Å². The second-order valence-corrected chi connectivity index (χ2v) is 7.89. The first-order valence-corrected chi connectivity index (χ1v) is 9.45. The fraction of sp³-hybridized carbons (Fsp3) is 0.474. The van der Waals surface area contributed by atoms with Gasteiger partial charge in [0.25, 0.3) is 5.91 Å². The third-order valence-corrected chi connectivity index (χ3v) is 5.48. The maximum Gasteiger partial charge on any atom is 0.273 e. The van der Waals surface area contributed by atoms with Crippen molar-refractivity contribution < 1.29 is 4.79 Å². The molecule has 4 nitrogen and oxygen atoms in total. The SMILES string of the molecule is CC(C)Cc1nc(C(=O)N2C[C@@H](CN)[C@H](c3ccccc3)C2)cs1. The van der Waals surface area contributed by atoms with Crippen LogP contribution < -0.4 is 5.73 Å². The Morgan fingerprint density at radius 2 is 2.08 bits per heavy atom. The molecule has 3 rings (SSSR count). The molecular weight excluding hydrogens is 318 g/mol. The predicted molar refractivity (Wildman–Crippen MR) is 98.3 cm³/mol. The number of nitrogens with two attached hydrogens (primary N) is 1. The van der Waals surface area contributed by atoms with Gasteiger partial charge < -0.3 is 10.6 Å². The summed E-state index contributed by atoms with van der Waals surface area (Å²) in [4.78, 5) is 19.3. The van der Waals surface area contributed by atoms with Gasteiger partial charge in [0.05, 0.1) is 5.01 Å². The topological polar surface area (TPSA) is 59.2 Å². The van der Waals surface area contributed by atoms with Crippen LogP contribution in [-0.2, 0) is 6.42 Å². The average molecular weight is 343 g/mol. The average Bonchev–Trinajstić information content (AvgIpc) is 3.21. The van der Waals surface area contributed by atoms with Crippen molar-refractivity contribution in [2.75, 3.05) is 19.6 Å². The van der Waals surface area contributed by atoms with Gasteiger partial charge in [0.2, 0.25) is 0 Å². The fourth-order valence-electron chi connectivity index (χ4n) is 3.37. The van der Waals surface area contributed by atoms with E-state index in [2.05, 4.69) is 31.0 Å². The molecule has 128 valence electrons. The van der Waals surface area contributed by atoms with Crippen molar-refractivity contribution in [1.82, 2.24) is 9.88 Å². The van der Waals surface area contributed by atoms with Crippen LogP contribution in [0.25, 0.3) is 0 Å². The van der Waals surface area contributed by atoms with Gasteiger partial charge in [0.1, 0.15) is 5.69 Å². The molecule has 2 heterocycles. The molecule has 1 aliphatic heterocycles. The van der Waals surface area contributed by atoms with Crippen molar-refractivity contribution in [3.05, 3.63) is 52.0 Å². The van der Waals surface area contributed by atoms with E-state index in [1.165, 1.54) is 5.56 Å². The molecule has 1 aromatic carbocycles. The van der Waals surface area contributed by atoms with E-state index in [4.69, 9.17) is 5.73 Å². The number of likely N-dealkylation sites (tertiary alicyclic amines) is 1. The number of amides is 1. The Bertz CT molecular complexity index is 683. The zero-order valence-electron chi connectivity index (χ0n) is 14.3. The second kappa shape index (κ2) is 7.45. The molecule has 1 saturated heterocycles. The van der Waals surface area contributed by atoms with E-state index in [1.54, 1.807) is 11.3 Å². The van der Waals surface area contributed by atoms with Crippen molar-refractivity contribution in [2.45, 2.75) is 26.2 Å². The summed E-state index contributed by atoms with van der Waals surface area (Å²) in [6.45, 7) is 6.37. The first-order chi connectivity index (χ1) is 11.6. The number of aromatic nitrogens is 1. The van der Waals surface area contributed by atoms with Crippen LogP contribution in [0, 0.1) is 11.8 Å². The number of hydrogen-bond donors (Lipinski definition) is 1. The van der Waals surface area contributed by atoms with E-state index in [9.17, 15) is 4.79 Å². The molecule has 0 aliphatic carbocycles. The molecule has 2 atom stereocenters. The molecule has 5 heteroatoms. The minimum atomic E-state index is 0.0399. The Balaban J connectivity index is 1.73. The highest BCUT2D eigenvalue weighted by Crippen LogP contribution is 2.33. The summed E-state index contributed by atoms with van der Waals surface area (Å²) < 4.78 is 0. The number of hydrogen-bond acceptors (Lipinski definition) is 4. The molecule has 1 aliphatic rings. The summed E-state index contributed by atoms with van der Waals surface area (Å²) in [6, 6.07) is 10.4. The number of carbonyl (C=O) groups excluding carboxylic acids is 1. The number of thiazole rings is 1. The minimum Gasteiger partial charge on any atom is -0.336 e. The van der Waals surface area contributed by atoms with Crippen LogP contribution in [0.1, 0.15) is 40.8 Å². The molecule has 1 fully saturated rings. The van der Waals surface area contributed by atoms with E-state index in [-0.39, 0.29) is 5.91 Å². The number of nitrogens with zero attached hydrogens (tertiary/aromatic N) is 2. The van der Waals surface area contributed by atoms with Gasteiger partial charge in [-0.25, -0.2) is 4.98 Å². The summed E-state index contributed by atoms with van der Waals surface area (Å²) in [6.07, 6.45) is 0.927. The number of rotatable bonds is 5. The van der Waals surface area contributed by atoms with Crippen LogP contribution in [0.2, 0.25) is 0 Å². The highest BCUT2D eigenvalue weighted by Gasteiger charge is 2.36. The molecule has 0 saturated carbocycles. The zero-order valence-corrected chi connectivity index (χ0v) is 15.1. The van der Waals surface area contributed by atoms with Gasteiger partial charge in [0, 0.05) is 30.8 Å². The lowest BCUT2D eigenvalue weighted by Gasteiger charge is -2.16. The van der Waals surface area contributed by atoms with Crippen LogP contribution in [0.3, 0.4) is 0 Å². The molecule has 0 radical (unpaired) electrons. The Morgan fingerprint density at radius 1 is 1.33 bits per heavy atom. The molecule has 1 aromatic heterocycles. The molecule has 0 unspecified atom stereocenters. The zero-order chi connectivity index (χ0) is 17.1. The van der Waals surface area contributed by atoms with Crippen molar-refractivity contribution >= 4 is 17.2 Å². The van der Waals surface area contributed by atoms with Gasteiger partial charge >= 0.3 is 0 Å². The van der Waals surface area contributed by atoms with Crippen molar-refractivity contribution in [3.63, 3.8) is 0 Å². The monoisotopic (exact) mass is 343 g/mol. The van der Waals surface area contributed by atoms with Crippen LogP contribution >= 0.6 is 11.3 Å². The predicted octanol–water partition coefficient (Wildman–Crippen LogP) is 3.16. The van der Waals surface area contributed by atoms with E-state index >= 15 is 0 Å². The smallest absolute Gasteiger partial charge is 0.273 e. The molecule has 24 heavy (non-hydrogen) atoms. The summed E-state index contributed by atoms with van der Waals surface area (Å²) in [5, 5.41) is 2.94. The van der Waals surface area contributed by atoms with Crippen LogP contribution in [0.4, 0.5) is 0 Å². The maximum atomic E-state index is 12.8. The van der Waals surface area contributed by atoms with E-state index < -0.39 is 0 Å². The van der Waals surface area contributed by atoms with Gasteiger partial charge in [-0.05, 0) is 23.9 Å². The summed E-state index contributed by atoms with van der Waals surface area (Å²) in [7, 11) is 0. The molecule has 2 N–H and O–H groups in total. The molecule has 2 aromatic rings. The van der Waals surface area contributed by atoms with Gasteiger partial charge in [-0.2, -0.15) is 0 Å². The summed E-state index contributed by atoms with van der Waals surface area (Å²) >= 11 is 1.59. The first-order valence-electron chi connectivity index (χ1n) is 8.57. The highest BCUT2D eigenvalue weighted by molar-refractivity contribution is 7.09. The molecule has 0 spiro atoms. The fourth-order valence-corrected chi connectivity index (χ4v) is 4.35. The second-order valence-electron chi connectivity index (χ2n) is 6.95. The van der Waals surface area contributed by atoms with Gasteiger partial charge in [0.15, 0.2) is 0 Å². The highest BCUT2D eigenvalue weighted by atomic mass is 32.1. The summed E-state index contributed by atoms with van der Waals surface area (Å²) in [5.41, 5.74) is 7.82. The van der Waals surface area contributed by atoms with Crippen LogP contribution in [0.15, 0.2) is 35.7 Å². The molecular formula is C19H25N3OS. The summed E-state index contributed by atoms with van der Waals surface area (Å²) in [5.74, 6) is 1.21. The third kappa shape index (κ3) is 3.68. The third-order valence-electron chi connectivity index (χ3n) is 4.61. The van der Waals surface area contributed by atoms with Crippen molar-refractivity contribution in [3.8, 4) is 0 Å². The maximum absolute atomic E-state index is 12.8. The lowest BCUT2D eigenvalue weighted by Crippen LogP contribution is -2.30. The van der Waals surface area contributed by atoms with E-state index in [0.29, 0.717) is 36.5 Å². The number of carbonyl (C=O) groups is 1. The van der Waals surface area contributed by atoms with E-state index in [1.807, 2.05) is 28.5 Å². The normalized spacial score (nSPS) is 20.8. The Kier molecular flexibility index (Phi) is 5.31. The van der Waals surface area contributed by atoms with Crippen molar-refractivity contribution in [2.24, 2.45) is 17.6 Å². The van der Waals surface area contributed by atoms with Crippen LogP contribution in [0.5, 0.6) is 0 Å². The Hall–Kier alpha value is -1.72. The first kappa shape index (κ1) is 17.1. The van der Waals surface area contributed by atoms with Crippen LogP contribution in [-0.4, -0.2) is 35.4 Å². The van der Waals surface area contributed by atoms with Gasteiger partial charge in [-0.1, -0.05) is 44.2 Å². The number of benzene rings is 1.